The number of carbonyl (C=O) groups excluding carboxylic acids is 2. The minimum atomic E-state index is -2.85. The van der Waals surface area contributed by atoms with Crippen LogP contribution in [-0.2, 0) is 9.53 Å². The number of piperazine rings is 1. The van der Waals surface area contributed by atoms with Crippen molar-refractivity contribution in [2.45, 2.75) is 95.2 Å². The molecule has 2 aromatic carbocycles. The molecule has 5 N–H and O–H groups in total. The summed E-state index contributed by atoms with van der Waals surface area (Å²) in [6, 6.07) is 12.9. The van der Waals surface area contributed by atoms with Crippen molar-refractivity contribution in [3.8, 4) is 5.75 Å². The zero-order chi connectivity index (χ0) is 33.2. The number of alkyl halides is 2. The summed E-state index contributed by atoms with van der Waals surface area (Å²) in [5, 5.41) is 16.9. The molecule has 10 nitrogen and oxygen atoms in total. The molecule has 258 valence electrons. The molecule has 2 amide bonds. The Bertz CT molecular complexity index is 1320. The van der Waals surface area contributed by atoms with Gasteiger partial charge in [0, 0.05) is 49.5 Å². The maximum Gasteiger partial charge on any atom is 0.387 e. The van der Waals surface area contributed by atoms with E-state index < -0.39 is 6.61 Å². The number of fused-ring (bicyclic) bond motifs is 1. The second kappa shape index (κ2) is 16.7. The van der Waals surface area contributed by atoms with Crippen LogP contribution in [0.4, 0.5) is 14.5 Å². The third-order valence-corrected chi connectivity index (χ3v) is 9.68. The second-order valence-corrected chi connectivity index (χ2v) is 13.0. The van der Waals surface area contributed by atoms with Crippen LogP contribution in [0.3, 0.4) is 0 Å². The fourth-order valence-electron chi connectivity index (χ4n) is 7.27. The summed E-state index contributed by atoms with van der Waals surface area (Å²) >= 11 is 0. The number of nitrogens with zero attached hydrogens (tertiary/aromatic N) is 1. The van der Waals surface area contributed by atoms with Crippen LogP contribution < -0.4 is 31.3 Å². The largest absolute Gasteiger partial charge is 0.435 e. The van der Waals surface area contributed by atoms with Gasteiger partial charge in [-0.1, -0.05) is 57.1 Å². The molecule has 5 rings (SSSR count). The SMILES string of the molecule is CNC(=O)COCCNC(=O)c1ccc(NC2NC3(CCCCCCCCC3)CN3C(c4ccc(OC(F)F)cc4)CNC23)cc1C. The highest BCUT2D eigenvalue weighted by atomic mass is 19.3. The lowest BCUT2D eigenvalue weighted by Gasteiger charge is -2.51. The van der Waals surface area contributed by atoms with Gasteiger partial charge in [-0.15, -0.1) is 0 Å². The Morgan fingerprint density at radius 2 is 1.72 bits per heavy atom. The Morgan fingerprint density at radius 1 is 1.02 bits per heavy atom. The number of aryl methyl sites for hydroxylation is 1. The molecule has 0 bridgehead atoms. The van der Waals surface area contributed by atoms with Gasteiger partial charge in [-0.2, -0.15) is 8.78 Å². The molecular weight excluding hydrogens is 606 g/mol. The van der Waals surface area contributed by atoms with Crippen LogP contribution >= 0.6 is 0 Å². The maximum atomic E-state index is 12.9. The summed E-state index contributed by atoms with van der Waals surface area (Å²) in [4.78, 5) is 26.7. The molecule has 12 heteroatoms. The van der Waals surface area contributed by atoms with Gasteiger partial charge in [-0.05, 0) is 61.2 Å². The third kappa shape index (κ3) is 9.40. The van der Waals surface area contributed by atoms with Crippen molar-refractivity contribution in [2.75, 3.05) is 45.2 Å². The van der Waals surface area contributed by atoms with Gasteiger partial charge in [0.25, 0.3) is 5.91 Å². The number of halogens is 2. The highest BCUT2D eigenvalue weighted by Gasteiger charge is 2.49. The van der Waals surface area contributed by atoms with Gasteiger partial charge in [0.2, 0.25) is 5.91 Å². The van der Waals surface area contributed by atoms with Gasteiger partial charge in [0.1, 0.15) is 18.5 Å². The first-order valence-electron chi connectivity index (χ1n) is 17.0. The highest BCUT2D eigenvalue weighted by Crippen LogP contribution is 2.38. The van der Waals surface area contributed by atoms with Crippen molar-refractivity contribution < 1.29 is 27.8 Å². The molecule has 2 saturated heterocycles. The molecule has 3 unspecified atom stereocenters. The normalized spacial score (nSPS) is 23.2. The quantitative estimate of drug-likeness (QED) is 0.222. The topological polar surface area (TPSA) is 116 Å². The molecule has 0 radical (unpaired) electrons. The standard InChI is InChI=1S/C35H50F2N6O4/c1-24-20-26(12-15-28(24)33(45)39-18-19-46-22-30(44)38-2)41-31-32-40-21-29(25-10-13-27(14-11-25)47-34(36)37)43(32)23-35(42-31)16-8-6-4-3-5-7-9-17-35/h10-15,20,29,31-32,34,40-42H,3-9,16-19,21-23H2,1-2H3,(H,38,44)(H,39,45). The zero-order valence-corrected chi connectivity index (χ0v) is 27.6. The predicted molar refractivity (Wildman–Crippen MR) is 178 cm³/mol. The first-order chi connectivity index (χ1) is 22.8. The Balaban J connectivity index is 1.31. The first-order valence-corrected chi connectivity index (χ1v) is 17.0. The van der Waals surface area contributed by atoms with Crippen molar-refractivity contribution >= 4 is 17.5 Å². The molecule has 2 aromatic rings. The monoisotopic (exact) mass is 656 g/mol. The number of hydrogen-bond donors (Lipinski definition) is 5. The van der Waals surface area contributed by atoms with Gasteiger partial charge >= 0.3 is 6.61 Å². The van der Waals surface area contributed by atoms with E-state index in [0.29, 0.717) is 12.1 Å². The molecule has 2 aliphatic heterocycles. The summed E-state index contributed by atoms with van der Waals surface area (Å²) in [6.07, 6.45) is 10.8. The second-order valence-electron chi connectivity index (χ2n) is 13.0. The lowest BCUT2D eigenvalue weighted by molar-refractivity contribution is -0.125. The number of carbonyl (C=O) groups is 2. The average molecular weight is 657 g/mol. The van der Waals surface area contributed by atoms with Gasteiger partial charge in [0.05, 0.1) is 12.8 Å². The third-order valence-electron chi connectivity index (χ3n) is 9.68. The molecule has 2 heterocycles. The summed E-state index contributed by atoms with van der Waals surface area (Å²) < 4.78 is 35.5. The Morgan fingerprint density at radius 3 is 2.38 bits per heavy atom. The van der Waals surface area contributed by atoms with E-state index in [4.69, 9.17) is 4.74 Å². The summed E-state index contributed by atoms with van der Waals surface area (Å²) in [5.74, 6) is -0.237. The molecule has 0 aromatic heterocycles. The Kier molecular flexibility index (Phi) is 12.4. The first kappa shape index (κ1) is 35.0. The van der Waals surface area contributed by atoms with E-state index in [1.165, 1.54) is 44.9 Å². The van der Waals surface area contributed by atoms with E-state index in [0.717, 1.165) is 42.7 Å². The molecule has 3 atom stereocenters. The zero-order valence-electron chi connectivity index (χ0n) is 27.6. The van der Waals surface area contributed by atoms with E-state index in [1.807, 2.05) is 37.3 Å². The Labute approximate surface area is 276 Å². The summed E-state index contributed by atoms with van der Waals surface area (Å²) in [6.45, 7) is 1.21. The minimum absolute atomic E-state index is 0.00362. The van der Waals surface area contributed by atoms with E-state index in [1.54, 1.807) is 19.2 Å². The molecular formula is C35H50F2N6O4. The van der Waals surface area contributed by atoms with Crippen LogP contribution in [0.1, 0.15) is 85.3 Å². The van der Waals surface area contributed by atoms with Crippen molar-refractivity contribution in [3.63, 3.8) is 0 Å². The lowest BCUT2D eigenvalue weighted by Crippen LogP contribution is -2.71. The van der Waals surface area contributed by atoms with E-state index in [9.17, 15) is 18.4 Å². The van der Waals surface area contributed by atoms with Crippen LogP contribution in [0.25, 0.3) is 0 Å². The molecule has 3 aliphatic rings. The van der Waals surface area contributed by atoms with Gasteiger partial charge < -0.3 is 25.4 Å². The average Bonchev–Trinajstić information content (AvgIpc) is 3.48. The molecule has 1 aliphatic carbocycles. The van der Waals surface area contributed by atoms with Gasteiger partial charge in [-0.25, -0.2) is 0 Å². The molecule has 1 saturated carbocycles. The molecule has 3 fully saturated rings. The fourth-order valence-corrected chi connectivity index (χ4v) is 7.27. The van der Waals surface area contributed by atoms with E-state index >= 15 is 0 Å². The molecule has 1 spiro atoms. The van der Waals surface area contributed by atoms with Crippen LogP contribution in [0.2, 0.25) is 0 Å². The van der Waals surface area contributed by atoms with Gasteiger partial charge in [0.15, 0.2) is 0 Å². The number of amides is 2. The van der Waals surface area contributed by atoms with Crippen LogP contribution in [0, 0.1) is 6.92 Å². The maximum absolute atomic E-state index is 12.9. The fraction of sp³-hybridized carbons (Fsp3) is 0.600. The number of likely N-dealkylation sites (N-methyl/N-ethyl adjacent to an activating group) is 1. The number of benzene rings is 2. The summed E-state index contributed by atoms with van der Waals surface area (Å²) in [7, 11) is 1.55. The lowest BCUT2D eigenvalue weighted by atomic mass is 9.82. The van der Waals surface area contributed by atoms with Crippen molar-refractivity contribution in [1.29, 1.82) is 0 Å². The Hall–Kier alpha value is -3.32. The van der Waals surface area contributed by atoms with Crippen LogP contribution in [0.5, 0.6) is 5.75 Å². The smallest absolute Gasteiger partial charge is 0.387 e. The van der Waals surface area contributed by atoms with Crippen LogP contribution in [0.15, 0.2) is 42.5 Å². The van der Waals surface area contributed by atoms with Gasteiger partial charge in [-0.3, -0.25) is 25.1 Å². The summed E-state index contributed by atoms with van der Waals surface area (Å²) in [5.41, 5.74) is 3.36. The van der Waals surface area contributed by atoms with Crippen molar-refractivity contribution in [1.82, 2.24) is 26.2 Å². The van der Waals surface area contributed by atoms with Crippen LogP contribution in [-0.4, -0.2) is 81.1 Å². The number of nitrogens with one attached hydrogen (secondary N) is 5. The predicted octanol–water partition coefficient (Wildman–Crippen LogP) is 4.67. The van der Waals surface area contributed by atoms with Crippen molar-refractivity contribution in [2.24, 2.45) is 0 Å². The number of ether oxygens (including phenoxy) is 2. The highest BCUT2D eigenvalue weighted by molar-refractivity contribution is 5.96. The number of anilines is 1. The molecule has 47 heavy (non-hydrogen) atoms. The van der Waals surface area contributed by atoms with E-state index in [-0.39, 0.29) is 54.7 Å². The number of hydrogen-bond acceptors (Lipinski definition) is 8. The van der Waals surface area contributed by atoms with E-state index in [2.05, 4.69) is 36.2 Å². The van der Waals surface area contributed by atoms with Crippen molar-refractivity contribution in [3.05, 3.63) is 59.2 Å². The minimum Gasteiger partial charge on any atom is -0.435 e. The number of rotatable bonds is 11.